The highest BCUT2D eigenvalue weighted by Gasteiger charge is 2.26. The van der Waals surface area contributed by atoms with Crippen molar-refractivity contribution in [2.45, 2.75) is 341 Å². The molecule has 0 aromatic rings. The quantitative estimate of drug-likeness (QED) is 0.0264. The third kappa shape index (κ3) is 61.3. The summed E-state index contributed by atoms with van der Waals surface area (Å²) < 4.78 is 33.1. The Morgan fingerprint density at radius 2 is 0.693 bits per heavy atom. The summed E-state index contributed by atoms with van der Waals surface area (Å²) in [6.07, 6.45) is 75.1. The van der Waals surface area contributed by atoms with E-state index in [2.05, 4.69) is 50.3 Å². The fraction of sp³-hybridized carbons (Fsp3) is 0.877. The fourth-order valence-electron chi connectivity index (χ4n) is 9.71. The van der Waals surface area contributed by atoms with Crippen LogP contribution < -0.4 is 5.73 Å². The van der Waals surface area contributed by atoms with E-state index in [0.717, 1.165) is 44.9 Å². The van der Waals surface area contributed by atoms with Crippen molar-refractivity contribution in [2.75, 3.05) is 26.4 Å². The molecular weight excluding hydrogens is 954 g/mol. The number of ether oxygens (including phenoxy) is 2. The SMILES string of the molecule is CCCCCCC/C=C\C/C=C\C/C=C\CCCCCCCCCCCCCCCCCCC(=O)OC(COC(=O)CCCCCCCCCCCCCCCCCCCCCCCCC)COP(=O)(O)OCCN. The number of allylic oxidation sites excluding steroid dienone is 6. The lowest BCUT2D eigenvalue weighted by Gasteiger charge is -2.19. The molecule has 0 saturated carbocycles. The molecule has 0 spiro atoms. The summed E-state index contributed by atoms with van der Waals surface area (Å²) in [5, 5.41) is 0. The lowest BCUT2D eigenvalue weighted by Crippen LogP contribution is -2.29. The van der Waals surface area contributed by atoms with Crippen LogP contribution in [0.15, 0.2) is 36.5 Å². The van der Waals surface area contributed by atoms with Gasteiger partial charge in [-0.15, -0.1) is 0 Å². The average Bonchev–Trinajstić information content (AvgIpc) is 3.40. The number of phosphoric ester groups is 1. The molecule has 2 atom stereocenters. The maximum absolute atomic E-state index is 12.7. The van der Waals surface area contributed by atoms with E-state index in [1.54, 1.807) is 0 Å². The number of carbonyl (C=O) groups excluding carboxylic acids is 2. The molecule has 75 heavy (non-hydrogen) atoms. The van der Waals surface area contributed by atoms with Gasteiger partial charge in [-0.3, -0.25) is 18.6 Å². The van der Waals surface area contributed by atoms with E-state index in [4.69, 9.17) is 24.3 Å². The number of nitrogens with two attached hydrogens (primary N) is 1. The second-order valence-electron chi connectivity index (χ2n) is 22.0. The summed E-state index contributed by atoms with van der Waals surface area (Å²) >= 11 is 0. The van der Waals surface area contributed by atoms with E-state index in [9.17, 15) is 19.0 Å². The second kappa shape index (κ2) is 61.4. The van der Waals surface area contributed by atoms with Crippen molar-refractivity contribution in [3.05, 3.63) is 36.5 Å². The first-order chi connectivity index (χ1) is 36.8. The number of rotatable bonds is 62. The Morgan fingerprint density at radius 3 is 1.03 bits per heavy atom. The van der Waals surface area contributed by atoms with E-state index < -0.39 is 26.5 Å². The van der Waals surface area contributed by atoms with Gasteiger partial charge >= 0.3 is 19.8 Å². The van der Waals surface area contributed by atoms with Gasteiger partial charge in [0.15, 0.2) is 6.10 Å². The summed E-state index contributed by atoms with van der Waals surface area (Å²) in [4.78, 5) is 35.3. The molecule has 0 bridgehead atoms. The lowest BCUT2D eigenvalue weighted by atomic mass is 10.0. The highest BCUT2D eigenvalue weighted by Crippen LogP contribution is 2.43. The molecule has 10 heteroatoms. The molecule has 3 N–H and O–H groups in total. The minimum absolute atomic E-state index is 0.0557. The van der Waals surface area contributed by atoms with Crippen molar-refractivity contribution in [1.29, 1.82) is 0 Å². The van der Waals surface area contributed by atoms with Crippen molar-refractivity contribution in [3.8, 4) is 0 Å². The number of hydrogen-bond donors (Lipinski definition) is 2. The summed E-state index contributed by atoms with van der Waals surface area (Å²) in [5.41, 5.74) is 5.39. The Morgan fingerprint density at radius 1 is 0.400 bits per heavy atom. The standard InChI is InChI=1S/C65H124NO8P/c1-3-5-7-9-11-13-15-17-19-21-23-25-27-28-29-30-31-32-33-34-36-38-40-42-44-46-48-50-52-54-56-58-65(68)74-63(62-73-75(69,70)72-60-59-66)61-71-64(67)57-55-53-51-49-47-45-43-41-39-37-35-26-24-22-20-18-16-14-12-10-8-6-4-2/h15,17,21,23,27-28,63H,3-14,16,18-20,22,24-26,29-62,66H2,1-2H3,(H,69,70)/b17-15-,23-21-,28-27-. The zero-order valence-corrected chi connectivity index (χ0v) is 50.4. The zero-order chi connectivity index (χ0) is 54.5. The van der Waals surface area contributed by atoms with Crippen LogP contribution in [-0.2, 0) is 32.7 Å². The number of carbonyl (C=O) groups is 2. The highest BCUT2D eigenvalue weighted by molar-refractivity contribution is 7.47. The third-order valence-electron chi connectivity index (χ3n) is 14.5. The monoisotopic (exact) mass is 1080 g/mol. The highest BCUT2D eigenvalue weighted by atomic mass is 31.2. The lowest BCUT2D eigenvalue weighted by molar-refractivity contribution is -0.161. The van der Waals surface area contributed by atoms with Gasteiger partial charge in [-0.1, -0.05) is 307 Å². The summed E-state index contributed by atoms with van der Waals surface area (Å²) in [6.45, 7) is 3.80. The van der Waals surface area contributed by atoms with Crippen LogP contribution in [0.3, 0.4) is 0 Å². The Bertz CT molecular complexity index is 1320. The van der Waals surface area contributed by atoms with Crippen LogP contribution >= 0.6 is 7.82 Å². The number of esters is 2. The molecule has 0 fully saturated rings. The Labute approximate surface area is 464 Å². The van der Waals surface area contributed by atoms with Gasteiger partial charge in [0.2, 0.25) is 0 Å². The van der Waals surface area contributed by atoms with Crippen LogP contribution in [0.25, 0.3) is 0 Å². The van der Waals surface area contributed by atoms with Gasteiger partial charge in [-0.2, -0.15) is 0 Å². The first kappa shape index (κ1) is 73.2. The largest absolute Gasteiger partial charge is 0.472 e. The normalized spacial score (nSPS) is 13.2. The first-order valence-corrected chi connectivity index (χ1v) is 34.0. The van der Waals surface area contributed by atoms with E-state index in [1.807, 2.05) is 0 Å². The van der Waals surface area contributed by atoms with Crippen LogP contribution in [0.4, 0.5) is 0 Å². The Balaban J connectivity index is 3.87. The van der Waals surface area contributed by atoms with E-state index >= 15 is 0 Å². The molecule has 2 unspecified atom stereocenters. The molecule has 0 radical (unpaired) electrons. The molecule has 9 nitrogen and oxygen atoms in total. The van der Waals surface area contributed by atoms with Gasteiger partial charge < -0.3 is 20.1 Å². The predicted molar refractivity (Wildman–Crippen MR) is 321 cm³/mol. The van der Waals surface area contributed by atoms with Crippen molar-refractivity contribution < 1.29 is 37.6 Å². The average molecular weight is 1080 g/mol. The molecule has 0 aromatic heterocycles. The number of unbranched alkanes of at least 4 members (excludes halogenated alkanes) is 43. The van der Waals surface area contributed by atoms with Crippen LogP contribution in [0.1, 0.15) is 335 Å². The molecule has 0 aliphatic heterocycles. The van der Waals surface area contributed by atoms with Crippen molar-refractivity contribution in [1.82, 2.24) is 0 Å². The minimum Gasteiger partial charge on any atom is -0.462 e. The molecule has 0 saturated heterocycles. The summed E-state index contributed by atoms with van der Waals surface area (Å²) in [5.74, 6) is -0.808. The maximum atomic E-state index is 12.7. The van der Waals surface area contributed by atoms with Gasteiger partial charge in [0.25, 0.3) is 0 Å². The topological polar surface area (TPSA) is 134 Å². The second-order valence-corrected chi connectivity index (χ2v) is 23.4. The fourth-order valence-corrected chi connectivity index (χ4v) is 10.5. The Kier molecular flexibility index (Phi) is 60.0. The minimum atomic E-state index is -4.39. The van der Waals surface area contributed by atoms with Crippen molar-refractivity contribution in [3.63, 3.8) is 0 Å². The van der Waals surface area contributed by atoms with Crippen molar-refractivity contribution in [2.24, 2.45) is 5.73 Å². The molecule has 0 heterocycles. The summed E-state index contributed by atoms with van der Waals surface area (Å²) in [7, 11) is -4.39. The first-order valence-electron chi connectivity index (χ1n) is 32.5. The van der Waals surface area contributed by atoms with Gasteiger partial charge in [-0.25, -0.2) is 4.57 Å². The van der Waals surface area contributed by atoms with Gasteiger partial charge in [0.05, 0.1) is 13.2 Å². The Hall–Kier alpha value is -1.77. The van der Waals surface area contributed by atoms with E-state index in [1.165, 1.54) is 257 Å². The van der Waals surface area contributed by atoms with Gasteiger partial charge in [0.1, 0.15) is 6.61 Å². The number of hydrogen-bond acceptors (Lipinski definition) is 8. The molecular formula is C65H124NO8P. The van der Waals surface area contributed by atoms with Crippen LogP contribution in [0, 0.1) is 0 Å². The molecule has 0 aliphatic carbocycles. The smallest absolute Gasteiger partial charge is 0.462 e. The van der Waals surface area contributed by atoms with Crippen LogP contribution in [0.5, 0.6) is 0 Å². The third-order valence-corrected chi connectivity index (χ3v) is 15.5. The van der Waals surface area contributed by atoms with E-state index in [-0.39, 0.29) is 38.6 Å². The van der Waals surface area contributed by atoms with E-state index in [0.29, 0.717) is 6.42 Å². The maximum Gasteiger partial charge on any atom is 0.472 e. The van der Waals surface area contributed by atoms with Gasteiger partial charge in [-0.05, 0) is 51.4 Å². The van der Waals surface area contributed by atoms with Crippen LogP contribution in [-0.4, -0.2) is 49.3 Å². The summed E-state index contributed by atoms with van der Waals surface area (Å²) in [6, 6.07) is 0. The van der Waals surface area contributed by atoms with Crippen LogP contribution in [0.2, 0.25) is 0 Å². The molecule has 442 valence electrons. The molecule has 0 amide bonds. The van der Waals surface area contributed by atoms with Gasteiger partial charge in [0, 0.05) is 19.4 Å². The zero-order valence-electron chi connectivity index (χ0n) is 49.6. The molecule has 0 aliphatic rings. The predicted octanol–water partition coefficient (Wildman–Crippen LogP) is 20.7. The van der Waals surface area contributed by atoms with Crippen molar-refractivity contribution >= 4 is 19.8 Å². The number of phosphoric acid groups is 1. The molecule has 0 rings (SSSR count). The molecule has 0 aromatic carbocycles.